The Morgan fingerprint density at radius 2 is 1.91 bits per heavy atom. The molecule has 11 heavy (non-hydrogen) atoms. The molecule has 0 saturated heterocycles. The Kier molecular flexibility index (Phi) is 2.88. The minimum atomic E-state index is -5.54. The summed E-state index contributed by atoms with van der Waals surface area (Å²) in [6, 6.07) is 0. The van der Waals surface area contributed by atoms with E-state index < -0.39 is 15.6 Å². The van der Waals surface area contributed by atoms with Crippen molar-refractivity contribution in [3.05, 3.63) is 12.8 Å². The van der Waals surface area contributed by atoms with Gasteiger partial charge in [0, 0.05) is 6.20 Å². The summed E-state index contributed by atoms with van der Waals surface area (Å²) >= 11 is 0. The van der Waals surface area contributed by atoms with Crippen LogP contribution in [0.15, 0.2) is 12.8 Å². The standard InChI is InChI=1S/C3H4F3NO3S/c1-2-7-10-11(8,9)3(4,5)6/h2,7H,1H2. The molecule has 8 heteroatoms. The largest absolute Gasteiger partial charge is 0.525 e. The van der Waals surface area contributed by atoms with Gasteiger partial charge in [0.05, 0.1) is 0 Å². The van der Waals surface area contributed by atoms with Gasteiger partial charge in [-0.25, -0.2) is 0 Å². The lowest BCUT2D eigenvalue weighted by Gasteiger charge is -2.05. The fraction of sp³-hybridized carbons (Fsp3) is 0.333. The predicted molar refractivity (Wildman–Crippen MR) is 29.4 cm³/mol. The lowest BCUT2D eigenvalue weighted by atomic mass is 11.1. The van der Waals surface area contributed by atoms with Crippen molar-refractivity contribution in [2.45, 2.75) is 5.51 Å². The quantitative estimate of drug-likeness (QED) is 0.521. The van der Waals surface area contributed by atoms with E-state index in [9.17, 15) is 21.6 Å². The van der Waals surface area contributed by atoms with Crippen LogP contribution >= 0.6 is 0 Å². The second kappa shape index (κ2) is 3.09. The van der Waals surface area contributed by atoms with E-state index in [2.05, 4.69) is 10.9 Å². The highest BCUT2D eigenvalue weighted by molar-refractivity contribution is 7.87. The van der Waals surface area contributed by atoms with Crippen LogP contribution in [0, 0.1) is 0 Å². The van der Waals surface area contributed by atoms with Crippen molar-refractivity contribution in [2.24, 2.45) is 0 Å². The Hall–Kier alpha value is -0.760. The number of hydrogen-bond acceptors (Lipinski definition) is 4. The molecule has 0 aromatic rings. The van der Waals surface area contributed by atoms with Crippen molar-refractivity contribution in [2.75, 3.05) is 0 Å². The van der Waals surface area contributed by atoms with Crippen molar-refractivity contribution >= 4 is 10.1 Å². The van der Waals surface area contributed by atoms with Gasteiger partial charge in [0.15, 0.2) is 0 Å². The smallest absolute Gasteiger partial charge is 0.257 e. The zero-order valence-corrected chi connectivity index (χ0v) is 5.87. The molecule has 66 valence electrons. The van der Waals surface area contributed by atoms with E-state index >= 15 is 0 Å². The highest BCUT2D eigenvalue weighted by Crippen LogP contribution is 2.23. The summed E-state index contributed by atoms with van der Waals surface area (Å²) in [4.78, 5) is 0. The maximum Gasteiger partial charge on any atom is 0.525 e. The monoisotopic (exact) mass is 191 g/mol. The number of halogens is 3. The van der Waals surface area contributed by atoms with Gasteiger partial charge in [-0.2, -0.15) is 21.6 Å². The molecule has 0 aromatic heterocycles. The first-order valence-electron chi connectivity index (χ1n) is 2.17. The third kappa shape index (κ3) is 2.76. The minimum absolute atomic E-state index is 0.656. The van der Waals surface area contributed by atoms with Gasteiger partial charge in [-0.05, 0) is 0 Å². The van der Waals surface area contributed by atoms with Crippen molar-refractivity contribution in [1.82, 2.24) is 5.48 Å². The first kappa shape index (κ1) is 10.2. The van der Waals surface area contributed by atoms with Crippen molar-refractivity contribution in [3.8, 4) is 0 Å². The molecule has 0 unspecified atom stereocenters. The first-order chi connectivity index (χ1) is 4.81. The molecule has 0 atom stereocenters. The lowest BCUT2D eigenvalue weighted by Crippen LogP contribution is -2.29. The van der Waals surface area contributed by atoms with Gasteiger partial charge in [0.2, 0.25) is 0 Å². The maximum atomic E-state index is 11.4. The summed E-state index contributed by atoms with van der Waals surface area (Å²) in [5, 5.41) is 0. The molecular weight excluding hydrogens is 187 g/mol. The molecule has 0 spiro atoms. The van der Waals surface area contributed by atoms with E-state index in [0.717, 1.165) is 0 Å². The van der Waals surface area contributed by atoms with Gasteiger partial charge in [-0.15, -0.1) is 4.28 Å². The molecule has 0 fully saturated rings. The summed E-state index contributed by atoms with van der Waals surface area (Å²) in [5.41, 5.74) is -4.06. The zero-order chi connectivity index (χ0) is 9.12. The average molecular weight is 191 g/mol. The van der Waals surface area contributed by atoms with E-state index in [1.807, 2.05) is 0 Å². The number of hydroxylamine groups is 1. The number of alkyl halides is 3. The summed E-state index contributed by atoms with van der Waals surface area (Å²) in [6.07, 6.45) is 0.656. The molecule has 0 aliphatic carbocycles. The van der Waals surface area contributed by atoms with Crippen LogP contribution in [-0.4, -0.2) is 13.9 Å². The van der Waals surface area contributed by atoms with Crippen LogP contribution in [0.5, 0.6) is 0 Å². The molecule has 4 nitrogen and oxygen atoms in total. The Morgan fingerprint density at radius 3 is 2.18 bits per heavy atom. The van der Waals surface area contributed by atoms with E-state index in [1.165, 1.54) is 5.48 Å². The van der Waals surface area contributed by atoms with Crippen LogP contribution in [0.25, 0.3) is 0 Å². The van der Waals surface area contributed by atoms with Crippen LogP contribution in [0.3, 0.4) is 0 Å². The molecule has 0 saturated carbocycles. The third-order valence-electron chi connectivity index (χ3n) is 0.525. The lowest BCUT2D eigenvalue weighted by molar-refractivity contribution is -0.0568. The molecule has 0 radical (unpaired) electrons. The Bertz CT molecular complexity index is 231. The third-order valence-corrected chi connectivity index (χ3v) is 1.41. The minimum Gasteiger partial charge on any atom is -0.257 e. The van der Waals surface area contributed by atoms with Gasteiger partial charge >= 0.3 is 15.6 Å². The van der Waals surface area contributed by atoms with Gasteiger partial charge < -0.3 is 0 Å². The summed E-state index contributed by atoms with van der Waals surface area (Å²) in [6.45, 7) is 2.88. The Labute approximate surface area is 60.7 Å². The predicted octanol–water partition coefficient (Wildman–Crippen LogP) is 0.501. The molecule has 0 aliphatic rings. The van der Waals surface area contributed by atoms with Crippen LogP contribution in [0.1, 0.15) is 0 Å². The van der Waals surface area contributed by atoms with E-state index in [0.29, 0.717) is 6.20 Å². The van der Waals surface area contributed by atoms with Crippen LogP contribution in [0.2, 0.25) is 0 Å². The number of rotatable bonds is 3. The van der Waals surface area contributed by atoms with Gasteiger partial charge in [0.1, 0.15) is 0 Å². The second-order valence-corrected chi connectivity index (χ2v) is 2.84. The van der Waals surface area contributed by atoms with Crippen molar-refractivity contribution in [3.63, 3.8) is 0 Å². The average Bonchev–Trinajstić information content (AvgIpc) is 1.81. The molecule has 0 rings (SSSR count). The first-order valence-corrected chi connectivity index (χ1v) is 3.58. The van der Waals surface area contributed by atoms with Crippen molar-refractivity contribution in [1.29, 1.82) is 0 Å². The molecular formula is C3H4F3NO3S. The highest BCUT2D eigenvalue weighted by Gasteiger charge is 2.47. The Morgan fingerprint density at radius 1 is 1.45 bits per heavy atom. The van der Waals surface area contributed by atoms with Crippen LogP contribution in [0.4, 0.5) is 13.2 Å². The van der Waals surface area contributed by atoms with Crippen LogP contribution in [-0.2, 0) is 14.4 Å². The zero-order valence-electron chi connectivity index (χ0n) is 5.05. The van der Waals surface area contributed by atoms with Crippen LogP contribution < -0.4 is 5.48 Å². The fourth-order valence-electron chi connectivity index (χ4n) is 0.145. The van der Waals surface area contributed by atoms with E-state index in [4.69, 9.17) is 0 Å². The molecule has 0 heterocycles. The molecule has 0 amide bonds. The number of hydrogen-bond donors (Lipinski definition) is 1. The van der Waals surface area contributed by atoms with Gasteiger partial charge in [0.25, 0.3) is 0 Å². The van der Waals surface area contributed by atoms with Gasteiger partial charge in [-0.1, -0.05) is 6.58 Å². The SMILES string of the molecule is C=CNOS(=O)(=O)C(F)(F)F. The normalized spacial score (nSPS) is 12.6. The maximum absolute atomic E-state index is 11.4. The molecule has 1 N–H and O–H groups in total. The van der Waals surface area contributed by atoms with Gasteiger partial charge in [-0.3, -0.25) is 5.48 Å². The second-order valence-electron chi connectivity index (χ2n) is 1.31. The fourth-order valence-corrected chi connectivity index (χ4v) is 0.434. The molecule has 0 aromatic carbocycles. The summed E-state index contributed by atoms with van der Waals surface area (Å²) < 4.78 is 57.2. The van der Waals surface area contributed by atoms with E-state index in [1.54, 1.807) is 0 Å². The van der Waals surface area contributed by atoms with Crippen molar-refractivity contribution < 1.29 is 25.9 Å². The Balaban J connectivity index is 4.37. The topological polar surface area (TPSA) is 55.4 Å². The van der Waals surface area contributed by atoms with E-state index in [-0.39, 0.29) is 0 Å². The molecule has 0 aliphatic heterocycles. The summed E-state index contributed by atoms with van der Waals surface area (Å²) in [7, 11) is -5.54. The highest BCUT2D eigenvalue weighted by atomic mass is 32.2. The molecule has 0 bridgehead atoms. The summed E-state index contributed by atoms with van der Waals surface area (Å²) in [5.74, 6) is 0. The number of nitrogens with one attached hydrogen (secondary N) is 1.